The van der Waals surface area contributed by atoms with Gasteiger partial charge in [-0.2, -0.15) is 0 Å². The number of aryl methyl sites for hydroxylation is 1. The molecular weight excluding hydrogens is 436 g/mol. The number of nitrogens with one attached hydrogen (secondary N) is 1. The van der Waals surface area contributed by atoms with Crippen molar-refractivity contribution in [2.24, 2.45) is 0 Å². The molecule has 1 aliphatic heterocycles. The molecule has 4 nitrogen and oxygen atoms in total. The third kappa shape index (κ3) is 3.57. The highest BCUT2D eigenvalue weighted by Gasteiger charge is 2.42. The van der Waals surface area contributed by atoms with E-state index in [1.165, 1.54) is 11.3 Å². The second kappa shape index (κ2) is 8.41. The first-order valence-electron chi connectivity index (χ1n) is 10.5. The Morgan fingerprint density at radius 3 is 2.31 bits per heavy atom. The number of para-hydroxylation sites is 1. The van der Waals surface area contributed by atoms with Gasteiger partial charge in [0.2, 0.25) is 0 Å². The molecule has 5 rings (SSSR count). The highest BCUT2D eigenvalue weighted by molar-refractivity contribution is 7.80. The lowest BCUT2D eigenvalue weighted by molar-refractivity contribution is 0.565. The molecule has 0 spiro atoms. The van der Waals surface area contributed by atoms with Crippen LogP contribution in [0.15, 0.2) is 85.1 Å². The number of nitrogens with zero attached hydrogens (tertiary/aromatic N) is 3. The van der Waals surface area contributed by atoms with Crippen LogP contribution in [0.2, 0.25) is 5.02 Å². The number of hydrogen-bond acceptors (Lipinski definition) is 2. The molecule has 0 radical (unpaired) electrons. The fourth-order valence-corrected chi connectivity index (χ4v) is 5.08. The van der Waals surface area contributed by atoms with E-state index in [0.717, 1.165) is 27.8 Å². The average Bonchev–Trinajstić information content (AvgIpc) is 3.31. The van der Waals surface area contributed by atoms with Gasteiger partial charge in [0.1, 0.15) is 0 Å². The minimum Gasteiger partial charge on any atom is -0.351 e. The first-order valence-corrected chi connectivity index (χ1v) is 11.3. The molecular formula is C26H23ClN4S. The molecule has 32 heavy (non-hydrogen) atoms. The van der Waals surface area contributed by atoms with Crippen molar-refractivity contribution in [3.8, 4) is 5.69 Å². The third-order valence-electron chi connectivity index (χ3n) is 6.01. The Bertz CT molecular complexity index is 1250. The van der Waals surface area contributed by atoms with E-state index < -0.39 is 0 Å². The number of pyridine rings is 1. The van der Waals surface area contributed by atoms with Crippen LogP contribution >= 0.6 is 23.8 Å². The zero-order chi connectivity index (χ0) is 22.2. The largest absolute Gasteiger partial charge is 0.351 e. The minimum absolute atomic E-state index is 0.0351. The zero-order valence-electron chi connectivity index (χ0n) is 17.9. The number of aromatic nitrogens is 2. The maximum atomic E-state index is 6.13. The van der Waals surface area contributed by atoms with Crippen LogP contribution in [0.5, 0.6) is 0 Å². The number of hydrogen-bond donors (Lipinski definition) is 1. The van der Waals surface area contributed by atoms with E-state index in [9.17, 15) is 0 Å². The Morgan fingerprint density at radius 2 is 1.62 bits per heavy atom. The van der Waals surface area contributed by atoms with Gasteiger partial charge in [-0.3, -0.25) is 4.98 Å². The Morgan fingerprint density at radius 1 is 0.906 bits per heavy atom. The lowest BCUT2D eigenvalue weighted by Gasteiger charge is -2.28. The third-order valence-corrected chi connectivity index (χ3v) is 6.57. The fraction of sp³-hybridized carbons (Fsp3) is 0.154. The topological polar surface area (TPSA) is 33.1 Å². The van der Waals surface area contributed by atoms with E-state index in [4.69, 9.17) is 23.8 Å². The van der Waals surface area contributed by atoms with Crippen molar-refractivity contribution in [2.45, 2.75) is 25.9 Å². The number of benzene rings is 2. The van der Waals surface area contributed by atoms with Crippen LogP contribution < -0.4 is 10.2 Å². The predicted molar refractivity (Wildman–Crippen MR) is 135 cm³/mol. The molecule has 160 valence electrons. The van der Waals surface area contributed by atoms with Crippen LogP contribution in [0.4, 0.5) is 5.69 Å². The van der Waals surface area contributed by atoms with E-state index in [-0.39, 0.29) is 12.1 Å². The molecule has 1 fully saturated rings. The number of anilines is 1. The second-order valence-corrected chi connectivity index (χ2v) is 8.79. The Kier molecular flexibility index (Phi) is 5.45. The fourth-order valence-electron chi connectivity index (χ4n) is 4.61. The summed E-state index contributed by atoms with van der Waals surface area (Å²) in [5, 5.41) is 4.97. The van der Waals surface area contributed by atoms with Crippen molar-refractivity contribution in [3.63, 3.8) is 0 Å². The normalized spacial score (nSPS) is 18.1. The van der Waals surface area contributed by atoms with Crippen LogP contribution in [-0.2, 0) is 0 Å². The highest BCUT2D eigenvalue weighted by atomic mass is 35.5. The van der Waals surface area contributed by atoms with Crippen molar-refractivity contribution < 1.29 is 0 Å². The summed E-state index contributed by atoms with van der Waals surface area (Å²) in [6.07, 6.45) is 1.83. The van der Waals surface area contributed by atoms with Gasteiger partial charge < -0.3 is 14.8 Å². The molecule has 6 heteroatoms. The number of thiocarbonyl (C=S) groups is 1. The molecule has 3 heterocycles. The van der Waals surface area contributed by atoms with Gasteiger partial charge >= 0.3 is 0 Å². The van der Waals surface area contributed by atoms with Crippen molar-refractivity contribution >= 4 is 34.6 Å². The molecule has 0 saturated carbocycles. The first kappa shape index (κ1) is 20.7. The van der Waals surface area contributed by atoms with E-state index >= 15 is 0 Å². The maximum absolute atomic E-state index is 6.13. The van der Waals surface area contributed by atoms with Crippen molar-refractivity contribution in [1.82, 2.24) is 14.9 Å². The molecule has 0 bridgehead atoms. The second-order valence-electron chi connectivity index (χ2n) is 7.97. The molecule has 4 aromatic rings. The molecule has 2 aromatic carbocycles. The van der Waals surface area contributed by atoms with Gasteiger partial charge in [0, 0.05) is 34.0 Å². The number of rotatable bonds is 4. The van der Waals surface area contributed by atoms with Crippen LogP contribution in [0.3, 0.4) is 0 Å². The Balaban J connectivity index is 1.67. The van der Waals surface area contributed by atoms with Crippen LogP contribution in [0.1, 0.15) is 34.7 Å². The summed E-state index contributed by atoms with van der Waals surface area (Å²) < 4.78 is 2.27. The van der Waals surface area contributed by atoms with E-state index in [1.807, 2.05) is 48.7 Å². The minimum atomic E-state index is -0.0666. The SMILES string of the molecule is Cc1cc(C2C(c3ccccn3)NC(=S)N2c2ccccc2)c(C)n1-c1ccc(Cl)cc1. The molecule has 1 saturated heterocycles. The van der Waals surface area contributed by atoms with Gasteiger partial charge in [-0.25, -0.2) is 0 Å². The van der Waals surface area contributed by atoms with Crippen molar-refractivity contribution in [2.75, 3.05) is 4.90 Å². The molecule has 2 unspecified atom stereocenters. The van der Waals surface area contributed by atoms with Gasteiger partial charge in [-0.1, -0.05) is 35.9 Å². The molecule has 2 aromatic heterocycles. The Labute approximate surface area is 198 Å². The molecule has 1 aliphatic rings. The number of halogens is 1. The van der Waals surface area contributed by atoms with Crippen molar-refractivity contribution in [3.05, 3.63) is 113 Å². The van der Waals surface area contributed by atoms with Crippen LogP contribution in [-0.4, -0.2) is 14.7 Å². The monoisotopic (exact) mass is 458 g/mol. The van der Waals surface area contributed by atoms with E-state index in [1.54, 1.807) is 0 Å². The smallest absolute Gasteiger partial charge is 0.174 e. The van der Waals surface area contributed by atoms with E-state index in [0.29, 0.717) is 5.11 Å². The van der Waals surface area contributed by atoms with Gasteiger partial charge in [0.25, 0.3) is 0 Å². The van der Waals surface area contributed by atoms with E-state index in [2.05, 4.69) is 70.0 Å². The summed E-state index contributed by atoms with van der Waals surface area (Å²) in [6, 6.07) is 26.4. The van der Waals surface area contributed by atoms with Crippen LogP contribution in [0, 0.1) is 13.8 Å². The average molecular weight is 459 g/mol. The maximum Gasteiger partial charge on any atom is 0.174 e. The summed E-state index contributed by atoms with van der Waals surface area (Å²) in [6.45, 7) is 4.30. The quantitative estimate of drug-likeness (QED) is 0.363. The lowest BCUT2D eigenvalue weighted by atomic mass is 9.96. The summed E-state index contributed by atoms with van der Waals surface area (Å²) in [5.41, 5.74) is 6.65. The van der Waals surface area contributed by atoms with Gasteiger partial charge in [0.15, 0.2) is 5.11 Å². The summed E-state index contributed by atoms with van der Waals surface area (Å²) in [7, 11) is 0. The predicted octanol–water partition coefficient (Wildman–Crippen LogP) is 6.32. The first-order chi connectivity index (χ1) is 15.5. The summed E-state index contributed by atoms with van der Waals surface area (Å²) in [5.74, 6) is 0. The molecule has 0 amide bonds. The zero-order valence-corrected chi connectivity index (χ0v) is 19.4. The molecule has 1 N–H and O–H groups in total. The van der Waals surface area contributed by atoms with Crippen LogP contribution in [0.25, 0.3) is 5.69 Å². The molecule has 0 aliphatic carbocycles. The highest BCUT2D eigenvalue weighted by Crippen LogP contribution is 2.43. The summed E-state index contributed by atoms with van der Waals surface area (Å²) >= 11 is 12.0. The van der Waals surface area contributed by atoms with Gasteiger partial charge in [-0.05, 0) is 86.2 Å². The van der Waals surface area contributed by atoms with Gasteiger partial charge in [-0.15, -0.1) is 0 Å². The molecule has 2 atom stereocenters. The van der Waals surface area contributed by atoms with Crippen molar-refractivity contribution in [1.29, 1.82) is 0 Å². The standard InChI is InChI=1S/C26H23ClN4S/c1-17-16-22(18(2)30(17)21-13-11-19(27)12-14-21)25-24(23-10-6-7-15-28-23)29-26(32)31(25)20-8-4-3-5-9-20/h3-16,24-25H,1-2H3,(H,29,32). The summed E-state index contributed by atoms with van der Waals surface area (Å²) in [4.78, 5) is 6.87. The lowest BCUT2D eigenvalue weighted by Crippen LogP contribution is -2.29. The Hall–Kier alpha value is -3.15. The van der Waals surface area contributed by atoms with Gasteiger partial charge in [0.05, 0.1) is 17.8 Å².